The summed E-state index contributed by atoms with van der Waals surface area (Å²) in [5.41, 5.74) is 2.42. The van der Waals surface area contributed by atoms with Crippen LogP contribution in [0.3, 0.4) is 0 Å². The van der Waals surface area contributed by atoms with E-state index in [0.717, 1.165) is 18.4 Å². The average Bonchev–Trinajstić information content (AvgIpc) is 3.24. The molecule has 0 atom stereocenters. The second-order valence-electron chi connectivity index (χ2n) is 7.97. The molecule has 0 unspecified atom stereocenters. The van der Waals surface area contributed by atoms with Crippen LogP contribution in [0.4, 0.5) is 0 Å². The highest BCUT2D eigenvalue weighted by atomic mass is 16.3. The van der Waals surface area contributed by atoms with Crippen molar-refractivity contribution in [2.45, 2.75) is 38.9 Å². The molecule has 1 aliphatic rings. The van der Waals surface area contributed by atoms with Crippen molar-refractivity contribution in [1.29, 1.82) is 0 Å². The zero-order valence-corrected chi connectivity index (χ0v) is 17.6. The molecule has 1 aliphatic carbocycles. The smallest absolute Gasteiger partial charge is 0.271 e. The number of benzene rings is 1. The lowest BCUT2D eigenvalue weighted by atomic mass is 10.1. The summed E-state index contributed by atoms with van der Waals surface area (Å²) in [5, 5.41) is 2.97. The highest BCUT2D eigenvalue weighted by Gasteiger charge is 2.24. The molecule has 1 saturated carbocycles. The Bertz CT molecular complexity index is 1090. The van der Waals surface area contributed by atoms with Gasteiger partial charge in [-0.25, -0.2) is 0 Å². The maximum Gasteiger partial charge on any atom is 0.271 e. The number of hydrogen-bond donors (Lipinski definition) is 1. The van der Waals surface area contributed by atoms with Gasteiger partial charge in [0.2, 0.25) is 0 Å². The summed E-state index contributed by atoms with van der Waals surface area (Å²) in [4.78, 5) is 38.9. The van der Waals surface area contributed by atoms with E-state index >= 15 is 0 Å². The Morgan fingerprint density at radius 3 is 2.42 bits per heavy atom. The number of Topliss-reactive ketones (excluding diaryl/α,β-unsaturated/α-hetero) is 1. The summed E-state index contributed by atoms with van der Waals surface area (Å²) >= 11 is 0. The van der Waals surface area contributed by atoms with E-state index < -0.39 is 0 Å². The predicted octanol–water partition coefficient (Wildman–Crippen LogP) is 3.56. The lowest BCUT2D eigenvalue weighted by molar-refractivity contribution is 0.0707. The van der Waals surface area contributed by atoms with Crippen LogP contribution in [-0.2, 0) is 20.1 Å². The molecule has 2 amide bonds. The van der Waals surface area contributed by atoms with Crippen molar-refractivity contribution in [3.8, 4) is 0 Å². The van der Waals surface area contributed by atoms with Crippen LogP contribution in [0.5, 0.6) is 0 Å². The van der Waals surface area contributed by atoms with E-state index in [1.165, 1.54) is 6.92 Å². The van der Waals surface area contributed by atoms with Crippen molar-refractivity contribution in [2.75, 3.05) is 0 Å². The predicted molar refractivity (Wildman–Crippen MR) is 115 cm³/mol. The summed E-state index contributed by atoms with van der Waals surface area (Å²) in [6.07, 6.45) is 5.31. The molecular formula is C24H25N3O4. The van der Waals surface area contributed by atoms with Crippen LogP contribution in [0.1, 0.15) is 62.3 Å². The van der Waals surface area contributed by atoms with Crippen LogP contribution in [0.25, 0.3) is 0 Å². The molecule has 7 nitrogen and oxygen atoms in total. The fourth-order valence-electron chi connectivity index (χ4n) is 3.40. The molecule has 0 saturated heterocycles. The Balaban J connectivity index is 1.54. The van der Waals surface area contributed by atoms with Crippen molar-refractivity contribution in [2.24, 2.45) is 7.05 Å². The minimum absolute atomic E-state index is 0.0712. The standard InChI is InChI=1S/C24H25N3O4/c1-16(28)19-12-22(26(2)14-19)24(30)27(15-21-4-3-11-31-21)13-17-5-7-18(8-6-17)23(29)25-20-9-10-20/h3-8,11-12,14,20H,9-10,13,15H2,1-2H3,(H,25,29). The first-order valence-electron chi connectivity index (χ1n) is 10.3. The average molecular weight is 419 g/mol. The lowest BCUT2D eigenvalue weighted by Gasteiger charge is -2.22. The van der Waals surface area contributed by atoms with Gasteiger partial charge in [0.1, 0.15) is 11.5 Å². The number of aryl methyl sites for hydroxylation is 1. The highest BCUT2D eigenvalue weighted by Crippen LogP contribution is 2.20. The molecule has 0 spiro atoms. The van der Waals surface area contributed by atoms with Crippen molar-refractivity contribution < 1.29 is 18.8 Å². The third-order valence-electron chi connectivity index (χ3n) is 5.35. The normalized spacial score (nSPS) is 13.1. The Kier molecular flexibility index (Phi) is 5.75. The van der Waals surface area contributed by atoms with Crippen molar-refractivity contribution in [3.63, 3.8) is 0 Å². The summed E-state index contributed by atoms with van der Waals surface area (Å²) in [6, 6.07) is 12.8. The van der Waals surface area contributed by atoms with Gasteiger partial charge in [0.15, 0.2) is 5.78 Å². The maximum atomic E-state index is 13.3. The van der Waals surface area contributed by atoms with E-state index in [4.69, 9.17) is 4.42 Å². The minimum atomic E-state index is -0.207. The Morgan fingerprint density at radius 1 is 1.10 bits per heavy atom. The third kappa shape index (κ3) is 4.94. The van der Waals surface area contributed by atoms with E-state index in [-0.39, 0.29) is 24.1 Å². The van der Waals surface area contributed by atoms with Gasteiger partial charge in [0.05, 0.1) is 12.8 Å². The zero-order valence-electron chi connectivity index (χ0n) is 17.6. The summed E-state index contributed by atoms with van der Waals surface area (Å²) < 4.78 is 7.11. The van der Waals surface area contributed by atoms with E-state index in [2.05, 4.69) is 5.32 Å². The summed E-state index contributed by atoms with van der Waals surface area (Å²) in [7, 11) is 1.75. The monoisotopic (exact) mass is 419 g/mol. The Hall–Kier alpha value is -3.61. The number of hydrogen-bond acceptors (Lipinski definition) is 4. The first-order valence-corrected chi connectivity index (χ1v) is 10.3. The first kappa shape index (κ1) is 20.7. The largest absolute Gasteiger partial charge is 0.467 e. The van der Waals surface area contributed by atoms with E-state index in [9.17, 15) is 14.4 Å². The van der Waals surface area contributed by atoms with Gasteiger partial charge in [-0.1, -0.05) is 12.1 Å². The van der Waals surface area contributed by atoms with Crippen LogP contribution < -0.4 is 5.32 Å². The minimum Gasteiger partial charge on any atom is -0.467 e. The number of ketones is 1. The SMILES string of the molecule is CC(=O)c1cc(C(=O)N(Cc2ccc(C(=O)NC3CC3)cc2)Cc2ccco2)n(C)c1. The second kappa shape index (κ2) is 8.63. The number of aromatic nitrogens is 1. The van der Waals surface area contributed by atoms with E-state index in [1.807, 2.05) is 18.2 Å². The number of furan rings is 1. The van der Waals surface area contributed by atoms with Gasteiger partial charge in [-0.3, -0.25) is 14.4 Å². The molecule has 1 N–H and O–H groups in total. The molecule has 7 heteroatoms. The Morgan fingerprint density at radius 2 is 1.84 bits per heavy atom. The number of carbonyl (C=O) groups excluding carboxylic acids is 3. The molecule has 0 radical (unpaired) electrons. The van der Waals surface area contributed by atoms with Gasteiger partial charge >= 0.3 is 0 Å². The van der Waals surface area contributed by atoms with Gasteiger partial charge < -0.3 is 19.2 Å². The van der Waals surface area contributed by atoms with Gasteiger partial charge in [-0.2, -0.15) is 0 Å². The van der Waals surface area contributed by atoms with Gasteiger partial charge in [0.25, 0.3) is 11.8 Å². The topological polar surface area (TPSA) is 84.6 Å². The molecule has 2 aromatic heterocycles. The molecule has 1 aromatic carbocycles. The molecule has 1 fully saturated rings. The molecule has 2 heterocycles. The van der Waals surface area contributed by atoms with Crippen molar-refractivity contribution in [3.05, 3.63) is 83.1 Å². The number of amides is 2. The van der Waals surface area contributed by atoms with Crippen LogP contribution >= 0.6 is 0 Å². The molecule has 0 bridgehead atoms. The van der Waals surface area contributed by atoms with Gasteiger partial charge in [-0.05, 0) is 55.7 Å². The van der Waals surface area contributed by atoms with Crippen LogP contribution in [0.15, 0.2) is 59.3 Å². The van der Waals surface area contributed by atoms with Crippen molar-refractivity contribution in [1.82, 2.24) is 14.8 Å². The molecule has 31 heavy (non-hydrogen) atoms. The van der Waals surface area contributed by atoms with Gasteiger partial charge in [0, 0.05) is 37.0 Å². The molecule has 0 aliphatic heterocycles. The highest BCUT2D eigenvalue weighted by molar-refractivity contribution is 5.99. The van der Waals surface area contributed by atoms with Crippen molar-refractivity contribution >= 4 is 17.6 Å². The molecular weight excluding hydrogens is 394 g/mol. The summed E-state index contributed by atoms with van der Waals surface area (Å²) in [6.45, 7) is 2.10. The third-order valence-corrected chi connectivity index (χ3v) is 5.35. The zero-order chi connectivity index (χ0) is 22.0. The fraction of sp³-hybridized carbons (Fsp3) is 0.292. The number of rotatable bonds is 8. The van der Waals surface area contributed by atoms with Crippen LogP contribution in [0.2, 0.25) is 0 Å². The van der Waals surface area contributed by atoms with Crippen LogP contribution in [-0.4, -0.2) is 33.1 Å². The molecule has 160 valence electrons. The number of nitrogens with zero attached hydrogens (tertiary/aromatic N) is 2. The van der Waals surface area contributed by atoms with Gasteiger partial charge in [-0.15, -0.1) is 0 Å². The van der Waals surface area contributed by atoms with E-state index in [1.54, 1.807) is 53.2 Å². The number of nitrogens with one attached hydrogen (secondary N) is 1. The van der Waals surface area contributed by atoms with Crippen LogP contribution in [0, 0.1) is 0 Å². The second-order valence-corrected chi connectivity index (χ2v) is 7.97. The maximum absolute atomic E-state index is 13.3. The Labute approximate surface area is 180 Å². The molecule has 3 aromatic rings. The quantitative estimate of drug-likeness (QED) is 0.566. The lowest BCUT2D eigenvalue weighted by Crippen LogP contribution is -2.31. The molecule has 4 rings (SSSR count). The first-order chi connectivity index (χ1) is 14.9. The summed E-state index contributed by atoms with van der Waals surface area (Å²) in [5.74, 6) is 0.294. The number of carbonyl (C=O) groups is 3. The fourth-order valence-corrected chi connectivity index (χ4v) is 3.40. The van der Waals surface area contributed by atoms with E-state index in [0.29, 0.717) is 35.2 Å².